The zero-order chi connectivity index (χ0) is 25.8. The van der Waals surface area contributed by atoms with Gasteiger partial charge in [0.1, 0.15) is 10.8 Å². The summed E-state index contributed by atoms with van der Waals surface area (Å²) in [5.41, 5.74) is 7.90. The third-order valence-electron chi connectivity index (χ3n) is 6.09. The Morgan fingerprint density at radius 2 is 2.03 bits per heavy atom. The highest BCUT2D eigenvalue weighted by atomic mass is 32.1. The number of hydrogen-bond acceptors (Lipinski definition) is 10. The lowest BCUT2D eigenvalue weighted by molar-refractivity contribution is 0.0910. The Bertz CT molecular complexity index is 1230. The number of anilines is 4. The van der Waals surface area contributed by atoms with Gasteiger partial charge in [0.15, 0.2) is 11.5 Å². The number of piperidine rings is 1. The zero-order valence-electron chi connectivity index (χ0n) is 20.4. The first kappa shape index (κ1) is 25.3. The van der Waals surface area contributed by atoms with Crippen molar-refractivity contribution in [1.82, 2.24) is 19.7 Å². The van der Waals surface area contributed by atoms with Gasteiger partial charge in [-0.05, 0) is 61.6 Å². The first-order chi connectivity index (χ1) is 17.3. The number of nitrogens with zero attached hydrogens (tertiary/aromatic N) is 5. The summed E-state index contributed by atoms with van der Waals surface area (Å²) in [6, 6.07) is 8.46. The first-order valence-electron chi connectivity index (χ1n) is 11.6. The number of aliphatic hydroxyl groups is 1. The predicted octanol–water partition coefficient (Wildman–Crippen LogP) is 1.91. The molecule has 0 radical (unpaired) electrons. The van der Waals surface area contributed by atoms with Crippen LogP contribution in [0.15, 0.2) is 36.5 Å². The third-order valence-corrected chi connectivity index (χ3v) is 6.88. The molecule has 5 N–H and O–H groups in total. The quantitative estimate of drug-likeness (QED) is 0.356. The van der Waals surface area contributed by atoms with Crippen molar-refractivity contribution in [2.75, 3.05) is 42.4 Å². The van der Waals surface area contributed by atoms with Crippen LogP contribution in [-0.2, 0) is 0 Å². The molecule has 11 nitrogen and oxygen atoms in total. The Kier molecular flexibility index (Phi) is 7.65. The number of nitrogens with one attached hydrogen (secondary N) is 2. The molecule has 1 aliphatic rings. The summed E-state index contributed by atoms with van der Waals surface area (Å²) in [6.07, 6.45) is 2.95. The molecule has 0 bridgehead atoms. The Hall–Kier alpha value is -3.77. The van der Waals surface area contributed by atoms with Crippen LogP contribution in [0.25, 0.3) is 0 Å². The van der Waals surface area contributed by atoms with Crippen LogP contribution in [-0.4, -0.2) is 70.6 Å². The lowest BCUT2D eigenvalue weighted by Gasteiger charge is -2.41. The fraction of sp³-hybridized carbons (Fsp3) is 0.375. The van der Waals surface area contributed by atoms with E-state index >= 15 is 0 Å². The Balaban J connectivity index is 1.55. The van der Waals surface area contributed by atoms with Crippen molar-refractivity contribution in [3.63, 3.8) is 0 Å². The number of rotatable bonds is 8. The molecule has 190 valence electrons. The fourth-order valence-corrected chi connectivity index (χ4v) is 4.88. The van der Waals surface area contributed by atoms with Crippen molar-refractivity contribution in [3.8, 4) is 0 Å². The molecule has 3 heterocycles. The number of amides is 2. The number of primary amides is 1. The van der Waals surface area contributed by atoms with Crippen LogP contribution in [0.1, 0.15) is 39.4 Å². The van der Waals surface area contributed by atoms with E-state index in [-0.39, 0.29) is 30.1 Å². The average molecular weight is 511 g/mol. The summed E-state index contributed by atoms with van der Waals surface area (Å²) in [4.78, 5) is 37.7. The summed E-state index contributed by atoms with van der Waals surface area (Å²) in [6.45, 7) is 2.28. The van der Waals surface area contributed by atoms with Crippen molar-refractivity contribution in [1.29, 1.82) is 0 Å². The van der Waals surface area contributed by atoms with Crippen LogP contribution in [0.4, 0.5) is 22.3 Å². The van der Waals surface area contributed by atoms with E-state index < -0.39 is 11.9 Å². The Morgan fingerprint density at radius 1 is 1.28 bits per heavy atom. The van der Waals surface area contributed by atoms with E-state index in [0.717, 1.165) is 17.8 Å². The molecule has 3 aromatic rings. The number of aryl methyl sites for hydroxylation is 1. The van der Waals surface area contributed by atoms with Gasteiger partial charge in [-0.15, -0.1) is 0 Å². The summed E-state index contributed by atoms with van der Waals surface area (Å²) in [7, 11) is 3.88. The molecular formula is C24H30N8O3S. The van der Waals surface area contributed by atoms with E-state index in [1.807, 2.05) is 49.0 Å². The minimum absolute atomic E-state index is 0.00776. The lowest BCUT2D eigenvalue weighted by Crippen LogP contribution is -2.57. The van der Waals surface area contributed by atoms with Crippen LogP contribution < -0.4 is 26.2 Å². The maximum atomic E-state index is 13.0. The van der Waals surface area contributed by atoms with Crippen molar-refractivity contribution in [3.05, 3.63) is 53.5 Å². The van der Waals surface area contributed by atoms with Gasteiger partial charge in [-0.1, -0.05) is 0 Å². The molecule has 0 aliphatic carbocycles. The second kappa shape index (κ2) is 10.9. The number of carbonyl (C=O) groups excluding carboxylic acids is 2. The third kappa shape index (κ3) is 5.55. The molecular weight excluding hydrogens is 480 g/mol. The summed E-state index contributed by atoms with van der Waals surface area (Å²) < 4.78 is 4.23. The number of benzene rings is 1. The van der Waals surface area contributed by atoms with Gasteiger partial charge >= 0.3 is 0 Å². The SMILES string of the molecule is Cc1cc(Nc2nc(N3CCC[C@@H](NC(=O)c4ccc(N(C)C)cc4)[C@H]3CO)cnc2C(N)=O)sn1. The van der Waals surface area contributed by atoms with Crippen molar-refractivity contribution in [2.45, 2.75) is 31.8 Å². The predicted molar refractivity (Wildman–Crippen MR) is 140 cm³/mol. The van der Waals surface area contributed by atoms with Crippen molar-refractivity contribution >= 4 is 45.7 Å². The van der Waals surface area contributed by atoms with E-state index in [2.05, 4.69) is 25.0 Å². The molecule has 1 fully saturated rings. The van der Waals surface area contributed by atoms with E-state index in [0.29, 0.717) is 29.3 Å². The molecule has 0 saturated carbocycles. The van der Waals surface area contributed by atoms with Gasteiger partial charge in [0.05, 0.1) is 30.6 Å². The van der Waals surface area contributed by atoms with Crippen LogP contribution in [0.5, 0.6) is 0 Å². The molecule has 1 aliphatic heterocycles. The standard InChI is InChI=1S/C24H30N8O3S/c1-14-11-20(36-30-14)29-23-21(22(25)34)26-12-19(28-23)32-10-4-5-17(18(32)13-33)27-24(35)15-6-8-16(9-7-15)31(2)3/h6-9,11-12,17-18,33H,4-5,10,13H2,1-3H3,(H2,25,34)(H,27,35)(H,28,29)/t17-,18-/m1/s1. The zero-order valence-corrected chi connectivity index (χ0v) is 21.2. The lowest BCUT2D eigenvalue weighted by atomic mass is 9.96. The second-order valence-electron chi connectivity index (χ2n) is 8.85. The molecule has 0 unspecified atom stereocenters. The number of nitrogens with two attached hydrogens (primary N) is 1. The van der Waals surface area contributed by atoms with Crippen molar-refractivity contribution < 1.29 is 14.7 Å². The first-order valence-corrected chi connectivity index (χ1v) is 12.4. The number of aliphatic hydroxyl groups excluding tert-OH is 1. The normalized spacial score (nSPS) is 17.5. The minimum atomic E-state index is -0.708. The number of hydrogen-bond donors (Lipinski definition) is 4. The van der Waals surface area contributed by atoms with Crippen LogP contribution >= 0.6 is 11.5 Å². The summed E-state index contributed by atoms with van der Waals surface area (Å²) >= 11 is 1.23. The highest BCUT2D eigenvalue weighted by Gasteiger charge is 2.34. The monoisotopic (exact) mass is 510 g/mol. The van der Waals surface area contributed by atoms with Gasteiger partial charge in [0, 0.05) is 31.9 Å². The fourth-order valence-electron chi connectivity index (χ4n) is 4.22. The maximum absolute atomic E-state index is 13.0. The summed E-state index contributed by atoms with van der Waals surface area (Å²) in [5.74, 6) is -0.228. The maximum Gasteiger partial charge on any atom is 0.271 e. The van der Waals surface area contributed by atoms with Crippen LogP contribution in [0.3, 0.4) is 0 Å². The highest BCUT2D eigenvalue weighted by Crippen LogP contribution is 2.28. The molecule has 36 heavy (non-hydrogen) atoms. The largest absolute Gasteiger partial charge is 0.394 e. The Morgan fingerprint density at radius 3 is 2.64 bits per heavy atom. The van der Waals surface area contributed by atoms with Gasteiger partial charge in [-0.25, -0.2) is 9.97 Å². The van der Waals surface area contributed by atoms with Crippen molar-refractivity contribution in [2.24, 2.45) is 5.73 Å². The average Bonchev–Trinajstić information content (AvgIpc) is 3.28. The molecule has 2 atom stereocenters. The van der Waals surface area contributed by atoms with Gasteiger partial charge in [-0.3, -0.25) is 9.59 Å². The smallest absolute Gasteiger partial charge is 0.271 e. The second-order valence-corrected chi connectivity index (χ2v) is 9.66. The Labute approximate surface area is 213 Å². The topological polar surface area (TPSA) is 150 Å². The van der Waals surface area contributed by atoms with E-state index in [1.54, 1.807) is 12.1 Å². The number of aromatic nitrogens is 3. The molecule has 2 amide bonds. The molecule has 0 spiro atoms. The number of carbonyl (C=O) groups is 2. The molecule has 4 rings (SSSR count). The van der Waals surface area contributed by atoms with Crippen LogP contribution in [0, 0.1) is 6.92 Å². The van der Waals surface area contributed by atoms with Crippen LogP contribution in [0.2, 0.25) is 0 Å². The van der Waals surface area contributed by atoms with Gasteiger partial charge in [0.25, 0.3) is 11.8 Å². The van der Waals surface area contributed by atoms with E-state index in [1.165, 1.54) is 17.7 Å². The molecule has 1 saturated heterocycles. The van der Waals surface area contributed by atoms with E-state index in [4.69, 9.17) is 5.73 Å². The van der Waals surface area contributed by atoms with Gasteiger partial charge in [0.2, 0.25) is 0 Å². The minimum Gasteiger partial charge on any atom is -0.394 e. The summed E-state index contributed by atoms with van der Waals surface area (Å²) in [5, 5.41) is 17.1. The highest BCUT2D eigenvalue weighted by molar-refractivity contribution is 7.10. The molecule has 2 aromatic heterocycles. The molecule has 1 aromatic carbocycles. The van der Waals surface area contributed by atoms with E-state index in [9.17, 15) is 14.7 Å². The molecule has 12 heteroatoms. The van der Waals surface area contributed by atoms with Gasteiger partial charge < -0.3 is 31.3 Å². The van der Waals surface area contributed by atoms with Gasteiger partial charge in [-0.2, -0.15) is 4.37 Å².